The number of rotatable bonds is 4. The molecule has 39 heavy (non-hydrogen) atoms. The van der Waals surface area contributed by atoms with Crippen LogP contribution in [-0.2, 0) is 6.18 Å². The largest absolute Gasteiger partial charge is 0.490 e. The topological polar surface area (TPSA) is 75.9 Å². The summed E-state index contributed by atoms with van der Waals surface area (Å²) in [5.41, 5.74) is -1.62. The molecule has 1 N–H and O–H groups in total. The number of hydrogen-bond acceptors (Lipinski definition) is 6. The summed E-state index contributed by atoms with van der Waals surface area (Å²) in [6.45, 7) is 1.02. The highest BCUT2D eigenvalue weighted by Gasteiger charge is 2.59. The molecule has 0 radical (unpaired) electrons. The van der Waals surface area contributed by atoms with Gasteiger partial charge in [0.15, 0.2) is 17.0 Å². The fourth-order valence-corrected chi connectivity index (χ4v) is 7.18. The van der Waals surface area contributed by atoms with Gasteiger partial charge in [0.2, 0.25) is 0 Å². The molecule has 6 rings (SSSR count). The highest BCUT2D eigenvalue weighted by atomic mass is 32.1. The molecule has 206 valence electrons. The zero-order chi connectivity index (χ0) is 27.6. The zero-order valence-corrected chi connectivity index (χ0v) is 22.4. The Labute approximate surface area is 230 Å². The number of hydrogen-bond donors (Lipinski definition) is 1. The second kappa shape index (κ2) is 9.32. The van der Waals surface area contributed by atoms with Crippen LogP contribution in [0.5, 0.6) is 5.75 Å². The van der Waals surface area contributed by atoms with Crippen molar-refractivity contribution in [2.45, 2.75) is 81.0 Å². The molecular formula is C28H30F3N5O2S. The zero-order valence-electron chi connectivity index (χ0n) is 21.6. The van der Waals surface area contributed by atoms with Gasteiger partial charge < -0.3 is 19.6 Å². The summed E-state index contributed by atoms with van der Waals surface area (Å²) in [4.78, 5) is 9.37. The lowest BCUT2D eigenvalue weighted by Gasteiger charge is -2.53. The first-order chi connectivity index (χ1) is 18.6. The Morgan fingerprint density at radius 1 is 1.13 bits per heavy atom. The Hall–Kier alpha value is -2.94. The predicted octanol–water partition coefficient (Wildman–Crippen LogP) is 5.22. The molecule has 2 atom stereocenters. The molecule has 3 heterocycles. The number of piperidine rings is 1. The van der Waals surface area contributed by atoms with Gasteiger partial charge in [0.1, 0.15) is 17.9 Å². The van der Waals surface area contributed by atoms with E-state index in [4.69, 9.17) is 22.2 Å². The number of anilines is 2. The Balaban J connectivity index is 1.25. The molecule has 2 spiro atoms. The lowest BCUT2D eigenvalue weighted by atomic mass is 9.69. The summed E-state index contributed by atoms with van der Waals surface area (Å²) in [5, 5.41) is 20.7. The van der Waals surface area contributed by atoms with Crippen molar-refractivity contribution in [2.24, 2.45) is 0 Å². The number of likely N-dealkylation sites (tertiary alicyclic amines) is 1. The molecule has 1 aromatic heterocycles. The molecule has 1 aromatic carbocycles. The molecule has 2 aliphatic heterocycles. The SMILES string of the molecule is CN1CCC(Oc2ccc(N3C(=S)N(c4cnc(C#N)c(C(F)(F)F)c4)C(O)C34CCC4)cc2)CC12CCC2. The minimum Gasteiger partial charge on any atom is -0.490 e. The predicted molar refractivity (Wildman–Crippen MR) is 143 cm³/mol. The van der Waals surface area contributed by atoms with E-state index in [0.717, 1.165) is 49.5 Å². The highest BCUT2D eigenvalue weighted by molar-refractivity contribution is 7.80. The average molecular weight is 558 g/mol. The van der Waals surface area contributed by atoms with E-state index in [0.29, 0.717) is 12.8 Å². The first-order valence-corrected chi connectivity index (χ1v) is 13.8. The van der Waals surface area contributed by atoms with Gasteiger partial charge in [-0.2, -0.15) is 18.4 Å². The van der Waals surface area contributed by atoms with Crippen molar-refractivity contribution in [2.75, 3.05) is 23.4 Å². The van der Waals surface area contributed by atoms with Crippen LogP contribution in [0.25, 0.3) is 0 Å². The maximum absolute atomic E-state index is 13.6. The Kier molecular flexibility index (Phi) is 6.28. The standard InChI is InChI=1S/C28H30F3N5O2S/c1-34-13-8-21(15-26(34)9-2-10-26)38-20-6-4-18(5-7-20)36-25(39)35(24(37)27(36)11-3-12-27)19-14-22(28(29,30)31)23(16-32)33-17-19/h4-7,14,17,21,24,37H,2-3,8-13,15H2,1H3. The summed E-state index contributed by atoms with van der Waals surface area (Å²) >= 11 is 5.75. The molecule has 2 saturated carbocycles. The van der Waals surface area contributed by atoms with Gasteiger partial charge in [-0.05, 0) is 94.5 Å². The molecule has 2 aromatic rings. The average Bonchev–Trinajstić information content (AvgIpc) is 3.10. The molecule has 2 aliphatic carbocycles. The maximum Gasteiger partial charge on any atom is 0.419 e. The van der Waals surface area contributed by atoms with Crippen LogP contribution in [-0.4, -0.2) is 57.1 Å². The van der Waals surface area contributed by atoms with Crippen LogP contribution in [0, 0.1) is 11.3 Å². The van der Waals surface area contributed by atoms with Crippen molar-refractivity contribution in [3.05, 3.63) is 47.8 Å². The van der Waals surface area contributed by atoms with Crippen molar-refractivity contribution < 1.29 is 23.0 Å². The van der Waals surface area contributed by atoms with Crippen molar-refractivity contribution in [3.63, 3.8) is 0 Å². The number of halogens is 3. The lowest BCUT2D eigenvalue weighted by Crippen LogP contribution is -2.58. The monoisotopic (exact) mass is 557 g/mol. The van der Waals surface area contributed by atoms with E-state index in [-0.39, 0.29) is 22.4 Å². The van der Waals surface area contributed by atoms with Crippen LogP contribution in [0.1, 0.15) is 62.6 Å². The fourth-order valence-electron chi connectivity index (χ4n) is 6.68. The molecule has 11 heteroatoms. The minimum atomic E-state index is -4.77. The van der Waals surface area contributed by atoms with Gasteiger partial charge in [-0.1, -0.05) is 0 Å². The number of benzene rings is 1. The normalized spacial score (nSPS) is 25.9. The molecule has 0 bridgehead atoms. The number of nitrogens with zero attached hydrogens (tertiary/aromatic N) is 5. The van der Waals surface area contributed by atoms with Crippen LogP contribution in [0.3, 0.4) is 0 Å². The molecular weight excluding hydrogens is 527 g/mol. The number of aliphatic hydroxyl groups excluding tert-OH is 1. The molecule has 2 unspecified atom stereocenters. The third kappa shape index (κ3) is 4.15. The van der Waals surface area contributed by atoms with E-state index in [9.17, 15) is 18.3 Å². The maximum atomic E-state index is 13.6. The van der Waals surface area contributed by atoms with Gasteiger partial charge in [0, 0.05) is 24.2 Å². The molecule has 7 nitrogen and oxygen atoms in total. The van der Waals surface area contributed by atoms with Crippen LogP contribution in [0.2, 0.25) is 0 Å². The first kappa shape index (κ1) is 26.3. The van der Waals surface area contributed by atoms with E-state index in [1.165, 1.54) is 30.2 Å². The second-order valence-corrected chi connectivity index (χ2v) is 11.6. The van der Waals surface area contributed by atoms with Gasteiger partial charge >= 0.3 is 6.18 Å². The van der Waals surface area contributed by atoms with Gasteiger partial charge in [-0.15, -0.1) is 0 Å². The summed E-state index contributed by atoms with van der Waals surface area (Å²) < 4.78 is 47.3. The highest BCUT2D eigenvalue weighted by Crippen LogP contribution is 2.50. The minimum absolute atomic E-state index is 0.000237. The Morgan fingerprint density at radius 2 is 1.82 bits per heavy atom. The van der Waals surface area contributed by atoms with Gasteiger partial charge in [0.05, 0.1) is 23.0 Å². The van der Waals surface area contributed by atoms with Crippen molar-refractivity contribution in [3.8, 4) is 11.8 Å². The number of aliphatic hydroxyl groups is 1. The van der Waals surface area contributed by atoms with E-state index >= 15 is 0 Å². The van der Waals surface area contributed by atoms with E-state index in [1.54, 1.807) is 0 Å². The summed E-state index contributed by atoms with van der Waals surface area (Å²) in [6, 6.07) is 9.92. The Bertz CT molecular complexity index is 1320. The van der Waals surface area contributed by atoms with Crippen molar-refractivity contribution in [1.29, 1.82) is 5.26 Å². The smallest absolute Gasteiger partial charge is 0.419 e. The van der Waals surface area contributed by atoms with Crippen molar-refractivity contribution in [1.82, 2.24) is 9.88 Å². The fraction of sp³-hybridized carbons (Fsp3) is 0.536. The summed E-state index contributed by atoms with van der Waals surface area (Å²) in [7, 11) is 2.20. The van der Waals surface area contributed by atoms with Crippen LogP contribution < -0.4 is 14.5 Å². The molecule has 4 fully saturated rings. The van der Waals surface area contributed by atoms with Crippen LogP contribution in [0.4, 0.5) is 24.5 Å². The van der Waals surface area contributed by atoms with E-state index in [1.807, 2.05) is 29.2 Å². The number of aromatic nitrogens is 1. The number of nitriles is 1. The molecule has 2 saturated heterocycles. The van der Waals surface area contributed by atoms with Gasteiger partial charge in [-0.25, -0.2) is 4.98 Å². The van der Waals surface area contributed by atoms with E-state index < -0.39 is 29.2 Å². The number of alkyl halides is 3. The summed E-state index contributed by atoms with van der Waals surface area (Å²) in [6.07, 6.45) is 3.21. The quantitative estimate of drug-likeness (QED) is 0.513. The molecule has 4 aliphatic rings. The number of pyridine rings is 1. The third-order valence-corrected chi connectivity index (χ3v) is 9.62. The first-order valence-electron chi connectivity index (χ1n) is 13.3. The number of thiocarbonyl (C=S) groups is 1. The molecule has 0 amide bonds. The number of ether oxygens (including phenoxy) is 1. The van der Waals surface area contributed by atoms with Gasteiger partial charge in [-0.3, -0.25) is 4.90 Å². The lowest BCUT2D eigenvalue weighted by molar-refractivity contribution is -0.138. The van der Waals surface area contributed by atoms with Gasteiger partial charge in [0.25, 0.3) is 0 Å². The Morgan fingerprint density at radius 3 is 2.38 bits per heavy atom. The van der Waals surface area contributed by atoms with Crippen LogP contribution in [0.15, 0.2) is 36.5 Å². The van der Waals surface area contributed by atoms with E-state index in [2.05, 4.69) is 16.9 Å². The van der Waals surface area contributed by atoms with Crippen LogP contribution >= 0.6 is 12.2 Å². The third-order valence-electron chi connectivity index (χ3n) is 9.24. The summed E-state index contributed by atoms with van der Waals surface area (Å²) in [5.74, 6) is 0.763. The second-order valence-electron chi connectivity index (χ2n) is 11.2. The van der Waals surface area contributed by atoms with Crippen molar-refractivity contribution >= 4 is 28.7 Å².